The number of hydrogen-bond acceptors (Lipinski definition) is 4. The predicted octanol–water partition coefficient (Wildman–Crippen LogP) is 0.567. The third-order valence-corrected chi connectivity index (χ3v) is 2.92. The lowest BCUT2D eigenvalue weighted by molar-refractivity contribution is 0.0691. The summed E-state index contributed by atoms with van der Waals surface area (Å²) in [7, 11) is 1.39. The van der Waals surface area contributed by atoms with Crippen molar-refractivity contribution in [3.05, 3.63) is 45.6 Å². The van der Waals surface area contributed by atoms with Gasteiger partial charge in [-0.3, -0.25) is 4.57 Å². The van der Waals surface area contributed by atoms with Gasteiger partial charge in [-0.25, -0.2) is 18.4 Å². The molecule has 0 aliphatic rings. The van der Waals surface area contributed by atoms with Crippen LogP contribution in [-0.2, 0) is 7.05 Å². The van der Waals surface area contributed by atoms with E-state index in [0.29, 0.717) is 16.8 Å². The maximum absolute atomic E-state index is 13.9. The van der Waals surface area contributed by atoms with Gasteiger partial charge in [-0.15, -0.1) is 5.10 Å². The van der Waals surface area contributed by atoms with Gasteiger partial charge in [0.15, 0.2) is 5.82 Å². The van der Waals surface area contributed by atoms with E-state index >= 15 is 0 Å². The third-order valence-electron chi connectivity index (χ3n) is 2.92. The van der Waals surface area contributed by atoms with Crippen LogP contribution in [0.1, 0.15) is 29.1 Å². The molecule has 2 rings (SSSR count). The molecule has 0 bridgehead atoms. The summed E-state index contributed by atoms with van der Waals surface area (Å²) in [6, 6.07) is 0.521. The molecule has 2 aromatic rings. The van der Waals surface area contributed by atoms with E-state index in [9.17, 15) is 18.4 Å². The molecule has 0 radical (unpaired) electrons. The van der Waals surface area contributed by atoms with Gasteiger partial charge in [0, 0.05) is 13.1 Å². The first kappa shape index (κ1) is 14.9. The quantitative estimate of drug-likeness (QED) is 0.862. The summed E-state index contributed by atoms with van der Waals surface area (Å²) in [6.45, 7) is 1.58. The van der Waals surface area contributed by atoms with E-state index in [1.54, 1.807) is 6.92 Å². The van der Waals surface area contributed by atoms with Crippen molar-refractivity contribution in [3.63, 3.8) is 0 Å². The Bertz CT molecular complexity index is 780. The zero-order chi connectivity index (χ0) is 15.9. The fourth-order valence-electron chi connectivity index (χ4n) is 1.87. The lowest BCUT2D eigenvalue weighted by Gasteiger charge is -2.04. The van der Waals surface area contributed by atoms with Crippen LogP contribution < -0.4 is 11.4 Å². The van der Waals surface area contributed by atoms with Crippen LogP contribution in [0.4, 0.5) is 8.78 Å². The molecule has 112 valence electrons. The Hall–Kier alpha value is -2.55. The standard InChI is InChI=1S/C12H12F2N4O3/c1-5(15)10-16-18(12(21)17(10)2)9-4-7(13)6(11(19)20)3-8(9)14/h3-5H,15H2,1-2H3,(H,19,20)/t5-/m1/s1. The van der Waals surface area contributed by atoms with Crippen molar-refractivity contribution in [2.24, 2.45) is 12.8 Å². The van der Waals surface area contributed by atoms with E-state index < -0.39 is 40.6 Å². The van der Waals surface area contributed by atoms with Crippen LogP contribution >= 0.6 is 0 Å². The van der Waals surface area contributed by atoms with Crippen LogP contribution in [-0.4, -0.2) is 25.4 Å². The highest BCUT2D eigenvalue weighted by molar-refractivity contribution is 5.88. The highest BCUT2D eigenvalue weighted by Gasteiger charge is 2.21. The van der Waals surface area contributed by atoms with Gasteiger partial charge in [-0.05, 0) is 13.0 Å². The van der Waals surface area contributed by atoms with Gasteiger partial charge in [0.2, 0.25) is 0 Å². The van der Waals surface area contributed by atoms with Gasteiger partial charge in [0.25, 0.3) is 0 Å². The van der Waals surface area contributed by atoms with Gasteiger partial charge in [0.1, 0.15) is 17.3 Å². The number of rotatable bonds is 3. The smallest absolute Gasteiger partial charge is 0.350 e. The summed E-state index contributed by atoms with van der Waals surface area (Å²) in [5, 5.41) is 12.6. The molecule has 21 heavy (non-hydrogen) atoms. The van der Waals surface area contributed by atoms with Crippen molar-refractivity contribution in [3.8, 4) is 5.69 Å². The number of carboxylic acid groups (broad SMARTS) is 1. The maximum Gasteiger partial charge on any atom is 0.350 e. The van der Waals surface area contributed by atoms with Crippen LogP contribution in [0.2, 0.25) is 0 Å². The molecule has 9 heteroatoms. The molecule has 3 N–H and O–H groups in total. The number of nitrogens with zero attached hydrogens (tertiary/aromatic N) is 3. The minimum absolute atomic E-state index is 0.183. The first-order valence-electron chi connectivity index (χ1n) is 5.88. The zero-order valence-corrected chi connectivity index (χ0v) is 11.2. The van der Waals surface area contributed by atoms with E-state index in [4.69, 9.17) is 10.8 Å². The molecule has 1 atom stereocenters. The molecule has 7 nitrogen and oxygen atoms in total. The second-order valence-corrected chi connectivity index (χ2v) is 4.49. The predicted molar refractivity (Wildman–Crippen MR) is 68.3 cm³/mol. The summed E-state index contributed by atoms with van der Waals surface area (Å²) in [5.74, 6) is -3.67. The van der Waals surface area contributed by atoms with E-state index in [-0.39, 0.29) is 5.82 Å². The SMILES string of the molecule is C[C@@H](N)c1nn(-c2cc(F)c(C(=O)O)cc2F)c(=O)n1C. The molecule has 0 aliphatic carbocycles. The minimum Gasteiger partial charge on any atom is -0.478 e. The largest absolute Gasteiger partial charge is 0.478 e. The van der Waals surface area contributed by atoms with Gasteiger partial charge in [-0.1, -0.05) is 0 Å². The number of hydrogen-bond donors (Lipinski definition) is 2. The molecule has 0 unspecified atom stereocenters. The fraction of sp³-hybridized carbons (Fsp3) is 0.250. The number of carboxylic acids is 1. The van der Waals surface area contributed by atoms with Crippen molar-refractivity contribution in [2.75, 3.05) is 0 Å². The van der Waals surface area contributed by atoms with Crippen LogP contribution in [0.3, 0.4) is 0 Å². The Balaban J connectivity index is 2.69. The molecule has 1 aromatic heterocycles. The zero-order valence-electron chi connectivity index (χ0n) is 11.2. The number of aromatic nitrogens is 3. The summed E-state index contributed by atoms with van der Waals surface area (Å²) in [4.78, 5) is 22.7. The summed E-state index contributed by atoms with van der Waals surface area (Å²) < 4.78 is 29.3. The minimum atomic E-state index is -1.61. The Morgan fingerprint density at radius 3 is 2.48 bits per heavy atom. The Morgan fingerprint density at radius 1 is 1.38 bits per heavy atom. The first-order chi connectivity index (χ1) is 9.73. The van der Waals surface area contributed by atoms with Gasteiger partial charge < -0.3 is 10.8 Å². The topological polar surface area (TPSA) is 103 Å². The summed E-state index contributed by atoms with van der Waals surface area (Å²) in [5.41, 5.74) is 3.60. The number of halogens is 2. The normalized spacial score (nSPS) is 12.4. The highest BCUT2D eigenvalue weighted by Crippen LogP contribution is 2.18. The Morgan fingerprint density at radius 2 is 2.00 bits per heavy atom. The van der Waals surface area contributed by atoms with E-state index in [0.717, 1.165) is 4.57 Å². The number of benzene rings is 1. The van der Waals surface area contributed by atoms with Crippen molar-refractivity contribution < 1.29 is 18.7 Å². The van der Waals surface area contributed by atoms with Crippen molar-refractivity contribution in [2.45, 2.75) is 13.0 Å². The first-order valence-corrected chi connectivity index (χ1v) is 5.88. The second-order valence-electron chi connectivity index (χ2n) is 4.49. The molecular formula is C12H12F2N4O3. The molecule has 0 saturated heterocycles. The monoisotopic (exact) mass is 298 g/mol. The number of aromatic carboxylic acids is 1. The Labute approximate surface area is 117 Å². The lowest BCUT2D eigenvalue weighted by Crippen LogP contribution is -2.24. The van der Waals surface area contributed by atoms with E-state index in [1.165, 1.54) is 7.05 Å². The van der Waals surface area contributed by atoms with Crippen LogP contribution in [0.25, 0.3) is 5.69 Å². The van der Waals surface area contributed by atoms with Gasteiger partial charge in [0.05, 0.1) is 11.6 Å². The number of nitrogens with two attached hydrogens (primary N) is 1. The molecule has 1 heterocycles. The fourth-order valence-corrected chi connectivity index (χ4v) is 1.87. The van der Waals surface area contributed by atoms with Gasteiger partial charge >= 0.3 is 11.7 Å². The highest BCUT2D eigenvalue weighted by atomic mass is 19.1. The maximum atomic E-state index is 13.9. The second kappa shape index (κ2) is 5.09. The van der Waals surface area contributed by atoms with E-state index in [2.05, 4.69) is 5.10 Å². The van der Waals surface area contributed by atoms with Crippen LogP contribution in [0.15, 0.2) is 16.9 Å². The van der Waals surface area contributed by atoms with Crippen molar-refractivity contribution >= 4 is 5.97 Å². The van der Waals surface area contributed by atoms with Crippen molar-refractivity contribution in [1.82, 2.24) is 14.3 Å². The van der Waals surface area contributed by atoms with Crippen LogP contribution in [0.5, 0.6) is 0 Å². The average molecular weight is 298 g/mol. The molecule has 0 fully saturated rings. The molecule has 0 saturated carbocycles. The lowest BCUT2D eigenvalue weighted by atomic mass is 10.2. The Kier molecular flexibility index (Phi) is 3.60. The molecule has 0 spiro atoms. The number of carbonyl (C=O) groups is 1. The molecule has 0 amide bonds. The molecular weight excluding hydrogens is 286 g/mol. The third kappa shape index (κ3) is 2.42. The average Bonchev–Trinajstić information content (AvgIpc) is 2.68. The van der Waals surface area contributed by atoms with Gasteiger partial charge in [-0.2, -0.15) is 4.68 Å². The summed E-state index contributed by atoms with van der Waals surface area (Å²) >= 11 is 0. The summed E-state index contributed by atoms with van der Waals surface area (Å²) in [6.07, 6.45) is 0. The molecule has 0 aliphatic heterocycles. The molecule has 1 aromatic carbocycles. The van der Waals surface area contributed by atoms with Crippen LogP contribution in [0, 0.1) is 11.6 Å². The van der Waals surface area contributed by atoms with E-state index in [1.807, 2.05) is 0 Å². The van der Waals surface area contributed by atoms with Crippen molar-refractivity contribution in [1.29, 1.82) is 0 Å².